The number of aryl methyl sites for hydroxylation is 4. The fraction of sp³-hybridized carbons (Fsp3) is 0.316. The number of rotatable bonds is 4. The van der Waals surface area contributed by atoms with Crippen molar-refractivity contribution in [3.05, 3.63) is 46.8 Å². The fourth-order valence-electron chi connectivity index (χ4n) is 2.75. The summed E-state index contributed by atoms with van der Waals surface area (Å²) in [5, 5.41) is 14.2. The minimum atomic E-state index is 0.335. The second-order valence-electron chi connectivity index (χ2n) is 5.92. The number of benzene rings is 1. The van der Waals surface area contributed by atoms with Gasteiger partial charge in [0.2, 0.25) is 5.82 Å². The SMILES string of the molecule is CCc1cc(-c2nc(-c3cc(C)c(O)c(CC)c3)no2)cc(C)n1. The molecule has 2 heterocycles. The van der Waals surface area contributed by atoms with Crippen molar-refractivity contribution in [2.24, 2.45) is 0 Å². The van der Waals surface area contributed by atoms with Crippen molar-refractivity contribution >= 4 is 0 Å². The minimum absolute atomic E-state index is 0.335. The first-order valence-electron chi connectivity index (χ1n) is 8.16. The van der Waals surface area contributed by atoms with Gasteiger partial charge in [0.15, 0.2) is 0 Å². The molecule has 24 heavy (non-hydrogen) atoms. The van der Waals surface area contributed by atoms with Gasteiger partial charge in [-0.05, 0) is 62.1 Å². The third-order valence-electron chi connectivity index (χ3n) is 4.06. The van der Waals surface area contributed by atoms with Crippen molar-refractivity contribution in [1.29, 1.82) is 0 Å². The molecular formula is C19H21N3O2. The van der Waals surface area contributed by atoms with Gasteiger partial charge in [-0.15, -0.1) is 0 Å². The van der Waals surface area contributed by atoms with Crippen LogP contribution < -0.4 is 0 Å². The third-order valence-corrected chi connectivity index (χ3v) is 4.06. The predicted molar refractivity (Wildman–Crippen MR) is 92.9 cm³/mol. The average Bonchev–Trinajstić information content (AvgIpc) is 3.06. The molecule has 0 radical (unpaired) electrons. The number of aromatic nitrogens is 3. The van der Waals surface area contributed by atoms with Crippen LogP contribution in [-0.2, 0) is 12.8 Å². The Bertz CT molecular complexity index is 884. The van der Waals surface area contributed by atoms with Crippen LogP contribution in [0.4, 0.5) is 0 Å². The van der Waals surface area contributed by atoms with Gasteiger partial charge in [-0.2, -0.15) is 4.98 Å². The third kappa shape index (κ3) is 3.02. The molecular weight excluding hydrogens is 302 g/mol. The second kappa shape index (κ2) is 6.43. The first-order chi connectivity index (χ1) is 11.5. The molecule has 0 aliphatic rings. The van der Waals surface area contributed by atoms with E-state index in [1.807, 2.05) is 45.0 Å². The van der Waals surface area contributed by atoms with Crippen LogP contribution in [-0.4, -0.2) is 20.2 Å². The van der Waals surface area contributed by atoms with Crippen molar-refractivity contribution in [1.82, 2.24) is 15.1 Å². The van der Waals surface area contributed by atoms with E-state index in [-0.39, 0.29) is 0 Å². The van der Waals surface area contributed by atoms with E-state index in [1.54, 1.807) is 0 Å². The van der Waals surface area contributed by atoms with Gasteiger partial charge >= 0.3 is 0 Å². The number of phenols is 1. The van der Waals surface area contributed by atoms with Crippen molar-refractivity contribution in [3.8, 4) is 28.6 Å². The van der Waals surface area contributed by atoms with E-state index < -0.39 is 0 Å². The maximum Gasteiger partial charge on any atom is 0.258 e. The van der Waals surface area contributed by atoms with Gasteiger partial charge in [0.05, 0.1) is 0 Å². The van der Waals surface area contributed by atoms with Crippen molar-refractivity contribution in [3.63, 3.8) is 0 Å². The van der Waals surface area contributed by atoms with Crippen LogP contribution in [0.1, 0.15) is 36.4 Å². The molecule has 0 bridgehead atoms. The summed E-state index contributed by atoms with van der Waals surface area (Å²) >= 11 is 0. The summed E-state index contributed by atoms with van der Waals surface area (Å²) in [4.78, 5) is 9.00. The number of hydrogen-bond acceptors (Lipinski definition) is 5. The molecule has 124 valence electrons. The maximum absolute atomic E-state index is 10.1. The summed E-state index contributed by atoms with van der Waals surface area (Å²) in [6.07, 6.45) is 1.60. The highest BCUT2D eigenvalue weighted by molar-refractivity contribution is 5.63. The van der Waals surface area contributed by atoms with E-state index in [1.165, 1.54) is 0 Å². The van der Waals surface area contributed by atoms with E-state index in [9.17, 15) is 5.11 Å². The summed E-state index contributed by atoms with van der Waals surface area (Å²) in [5.41, 5.74) is 5.34. The number of nitrogens with zero attached hydrogens (tertiary/aromatic N) is 3. The summed E-state index contributed by atoms with van der Waals surface area (Å²) in [5.74, 6) is 1.34. The number of pyridine rings is 1. The van der Waals surface area contributed by atoms with Gasteiger partial charge in [0.1, 0.15) is 5.75 Å². The summed E-state index contributed by atoms with van der Waals surface area (Å²) in [6.45, 7) is 7.90. The first kappa shape index (κ1) is 16.2. The predicted octanol–water partition coefficient (Wildman–Crippen LogP) is 4.25. The van der Waals surface area contributed by atoms with Crippen LogP contribution >= 0.6 is 0 Å². The zero-order valence-corrected chi connectivity index (χ0v) is 14.4. The van der Waals surface area contributed by atoms with Crippen LogP contribution in [0.2, 0.25) is 0 Å². The largest absolute Gasteiger partial charge is 0.507 e. The molecule has 1 N–H and O–H groups in total. The first-order valence-corrected chi connectivity index (χ1v) is 8.16. The van der Waals surface area contributed by atoms with Crippen molar-refractivity contribution < 1.29 is 9.63 Å². The van der Waals surface area contributed by atoms with Gasteiger partial charge in [0.25, 0.3) is 5.89 Å². The zero-order chi connectivity index (χ0) is 17.3. The van der Waals surface area contributed by atoms with Gasteiger partial charge in [-0.3, -0.25) is 4.98 Å². The maximum atomic E-state index is 10.1. The smallest absolute Gasteiger partial charge is 0.258 e. The molecule has 0 fully saturated rings. The van der Waals surface area contributed by atoms with Crippen LogP contribution in [0.3, 0.4) is 0 Å². The topological polar surface area (TPSA) is 72.0 Å². The molecule has 0 spiro atoms. The highest BCUT2D eigenvalue weighted by atomic mass is 16.5. The Hall–Kier alpha value is -2.69. The van der Waals surface area contributed by atoms with Crippen LogP contribution in [0.5, 0.6) is 5.75 Å². The molecule has 5 nitrogen and oxygen atoms in total. The van der Waals surface area contributed by atoms with Crippen LogP contribution in [0.25, 0.3) is 22.8 Å². The number of hydrogen-bond donors (Lipinski definition) is 1. The highest BCUT2D eigenvalue weighted by Gasteiger charge is 2.14. The van der Waals surface area contributed by atoms with Crippen molar-refractivity contribution in [2.45, 2.75) is 40.5 Å². The Kier molecular flexibility index (Phi) is 4.34. The molecule has 3 aromatic rings. The van der Waals surface area contributed by atoms with E-state index in [0.29, 0.717) is 17.5 Å². The summed E-state index contributed by atoms with van der Waals surface area (Å²) in [6, 6.07) is 7.70. The van der Waals surface area contributed by atoms with Gasteiger partial charge in [-0.1, -0.05) is 19.0 Å². The van der Waals surface area contributed by atoms with Crippen molar-refractivity contribution in [2.75, 3.05) is 0 Å². The molecule has 5 heteroatoms. The van der Waals surface area contributed by atoms with Crippen LogP contribution in [0.15, 0.2) is 28.8 Å². The Labute approximate surface area is 141 Å². The summed E-state index contributed by atoms with van der Waals surface area (Å²) < 4.78 is 5.45. The van der Waals surface area contributed by atoms with E-state index in [2.05, 4.69) is 22.0 Å². The quantitative estimate of drug-likeness (QED) is 0.777. The number of phenolic OH excluding ortho intramolecular Hbond substituents is 1. The minimum Gasteiger partial charge on any atom is -0.507 e. The Morgan fingerprint density at radius 1 is 0.958 bits per heavy atom. The van der Waals surface area contributed by atoms with E-state index in [4.69, 9.17) is 4.52 Å². The normalized spacial score (nSPS) is 11.0. The molecule has 2 aromatic heterocycles. The standard InChI is InChI=1S/C19H21N3O2/c1-5-13-9-14(7-11(3)17(13)23)18-21-19(24-22-18)15-8-12(4)20-16(6-2)10-15/h7-10,23H,5-6H2,1-4H3. The Morgan fingerprint density at radius 3 is 2.46 bits per heavy atom. The lowest BCUT2D eigenvalue weighted by Gasteiger charge is -2.07. The zero-order valence-electron chi connectivity index (χ0n) is 14.4. The van der Waals surface area contributed by atoms with E-state index in [0.717, 1.165) is 46.5 Å². The van der Waals surface area contributed by atoms with Crippen LogP contribution in [0, 0.1) is 13.8 Å². The molecule has 0 aliphatic heterocycles. The molecule has 0 atom stereocenters. The molecule has 0 saturated heterocycles. The monoisotopic (exact) mass is 323 g/mol. The molecule has 0 amide bonds. The average molecular weight is 323 g/mol. The molecule has 3 rings (SSSR count). The Balaban J connectivity index is 2.03. The lowest BCUT2D eigenvalue weighted by molar-refractivity contribution is 0.432. The molecule has 0 saturated carbocycles. The van der Waals surface area contributed by atoms with Gasteiger partial charge < -0.3 is 9.63 Å². The summed E-state index contributed by atoms with van der Waals surface area (Å²) in [7, 11) is 0. The molecule has 0 unspecified atom stereocenters. The lowest BCUT2D eigenvalue weighted by atomic mass is 10.0. The second-order valence-corrected chi connectivity index (χ2v) is 5.92. The van der Waals surface area contributed by atoms with Gasteiger partial charge in [-0.25, -0.2) is 0 Å². The fourth-order valence-corrected chi connectivity index (χ4v) is 2.75. The van der Waals surface area contributed by atoms with Gasteiger partial charge in [0, 0.05) is 22.5 Å². The molecule has 1 aromatic carbocycles. The molecule has 0 aliphatic carbocycles. The van der Waals surface area contributed by atoms with E-state index >= 15 is 0 Å². The lowest BCUT2D eigenvalue weighted by Crippen LogP contribution is -1.92. The number of aromatic hydroxyl groups is 1. The highest BCUT2D eigenvalue weighted by Crippen LogP contribution is 2.30. The Morgan fingerprint density at radius 2 is 1.75 bits per heavy atom.